The first-order chi connectivity index (χ1) is 9.27. The minimum Gasteiger partial charge on any atom is -0.395 e. The first kappa shape index (κ1) is 14.6. The summed E-state index contributed by atoms with van der Waals surface area (Å²) >= 11 is 6.33. The number of hydrogen-bond acceptors (Lipinski definition) is 3. The molecular weight excluding hydrogens is 260 g/mol. The SMILES string of the molecule is CNCc1c(Cl)cccc1N(CCO)C1CCCC1. The van der Waals surface area contributed by atoms with Crippen molar-refractivity contribution in [2.45, 2.75) is 38.3 Å². The third-order valence-electron chi connectivity index (χ3n) is 3.86. The summed E-state index contributed by atoms with van der Waals surface area (Å²) in [7, 11) is 1.93. The average molecular weight is 283 g/mol. The lowest BCUT2D eigenvalue weighted by Gasteiger charge is -2.32. The van der Waals surface area contributed by atoms with Crippen LogP contribution < -0.4 is 10.2 Å². The Bertz CT molecular complexity index is 405. The molecule has 2 rings (SSSR count). The Morgan fingerprint density at radius 3 is 2.74 bits per heavy atom. The molecule has 1 aliphatic carbocycles. The average Bonchev–Trinajstić information content (AvgIpc) is 2.92. The van der Waals surface area contributed by atoms with E-state index in [1.54, 1.807) is 0 Å². The van der Waals surface area contributed by atoms with Crippen molar-refractivity contribution in [2.24, 2.45) is 0 Å². The second-order valence-electron chi connectivity index (χ2n) is 5.12. The number of halogens is 1. The van der Waals surface area contributed by atoms with Crippen LogP contribution in [0, 0.1) is 0 Å². The predicted octanol–water partition coefficient (Wildman–Crippen LogP) is 2.80. The van der Waals surface area contributed by atoms with Gasteiger partial charge in [-0.3, -0.25) is 0 Å². The van der Waals surface area contributed by atoms with E-state index in [4.69, 9.17) is 11.6 Å². The molecule has 0 atom stereocenters. The summed E-state index contributed by atoms with van der Waals surface area (Å²) in [5.41, 5.74) is 2.30. The molecule has 0 heterocycles. The third kappa shape index (κ3) is 3.41. The molecular formula is C15H23ClN2O. The summed E-state index contributed by atoms with van der Waals surface area (Å²) in [6, 6.07) is 6.59. The number of benzene rings is 1. The van der Waals surface area contributed by atoms with Crippen LogP contribution in [0.25, 0.3) is 0 Å². The highest BCUT2D eigenvalue weighted by atomic mass is 35.5. The Kier molecular flexibility index (Phi) is 5.49. The van der Waals surface area contributed by atoms with E-state index < -0.39 is 0 Å². The minimum atomic E-state index is 0.183. The number of anilines is 1. The molecule has 0 unspecified atom stereocenters. The second-order valence-corrected chi connectivity index (χ2v) is 5.53. The van der Waals surface area contributed by atoms with Crippen molar-refractivity contribution >= 4 is 17.3 Å². The Labute approximate surface area is 120 Å². The summed E-state index contributed by atoms with van der Waals surface area (Å²) in [6.45, 7) is 1.62. The normalized spacial score (nSPS) is 15.9. The van der Waals surface area contributed by atoms with Crippen LogP contribution in [0.2, 0.25) is 5.02 Å². The Balaban J connectivity index is 2.31. The molecule has 0 radical (unpaired) electrons. The zero-order chi connectivity index (χ0) is 13.7. The van der Waals surface area contributed by atoms with E-state index in [2.05, 4.69) is 16.3 Å². The summed E-state index contributed by atoms with van der Waals surface area (Å²) in [5.74, 6) is 0. The molecule has 0 spiro atoms. The lowest BCUT2D eigenvalue weighted by molar-refractivity contribution is 0.297. The van der Waals surface area contributed by atoms with Crippen LogP contribution in [0.3, 0.4) is 0 Å². The minimum absolute atomic E-state index is 0.183. The van der Waals surface area contributed by atoms with Gasteiger partial charge in [0.1, 0.15) is 0 Å². The zero-order valence-corrected chi connectivity index (χ0v) is 12.3. The van der Waals surface area contributed by atoms with E-state index in [0.717, 1.165) is 17.1 Å². The van der Waals surface area contributed by atoms with Crippen molar-refractivity contribution in [1.82, 2.24) is 5.32 Å². The maximum Gasteiger partial charge on any atom is 0.0606 e. The molecule has 19 heavy (non-hydrogen) atoms. The Hall–Kier alpha value is -0.770. The number of hydrogen-bond donors (Lipinski definition) is 2. The van der Waals surface area contributed by atoms with Gasteiger partial charge < -0.3 is 15.3 Å². The van der Waals surface area contributed by atoms with Gasteiger partial charge in [0, 0.05) is 35.4 Å². The predicted molar refractivity (Wildman–Crippen MR) is 80.9 cm³/mol. The molecule has 0 aliphatic heterocycles. The van der Waals surface area contributed by atoms with Crippen LogP contribution in [0.15, 0.2) is 18.2 Å². The lowest BCUT2D eigenvalue weighted by Crippen LogP contribution is -2.36. The highest BCUT2D eigenvalue weighted by Crippen LogP contribution is 2.33. The molecule has 0 amide bonds. The molecule has 3 nitrogen and oxygen atoms in total. The van der Waals surface area contributed by atoms with Crippen LogP contribution in [-0.4, -0.2) is 31.3 Å². The van der Waals surface area contributed by atoms with Crippen LogP contribution >= 0.6 is 11.6 Å². The van der Waals surface area contributed by atoms with Gasteiger partial charge in [-0.2, -0.15) is 0 Å². The van der Waals surface area contributed by atoms with Crippen LogP contribution in [0.4, 0.5) is 5.69 Å². The van der Waals surface area contributed by atoms with E-state index in [9.17, 15) is 5.11 Å². The van der Waals surface area contributed by atoms with Gasteiger partial charge in [-0.05, 0) is 32.0 Å². The molecule has 1 aliphatic rings. The highest BCUT2D eigenvalue weighted by molar-refractivity contribution is 6.31. The fraction of sp³-hybridized carbons (Fsp3) is 0.600. The molecule has 106 valence electrons. The Morgan fingerprint density at radius 2 is 2.11 bits per heavy atom. The van der Waals surface area contributed by atoms with Crippen molar-refractivity contribution in [3.8, 4) is 0 Å². The van der Waals surface area contributed by atoms with E-state index in [1.165, 1.54) is 31.4 Å². The van der Waals surface area contributed by atoms with Gasteiger partial charge in [0.25, 0.3) is 0 Å². The van der Waals surface area contributed by atoms with Gasteiger partial charge in [0.15, 0.2) is 0 Å². The third-order valence-corrected chi connectivity index (χ3v) is 4.22. The van der Waals surface area contributed by atoms with Crippen molar-refractivity contribution in [1.29, 1.82) is 0 Å². The fourth-order valence-corrected chi connectivity index (χ4v) is 3.23. The molecule has 4 heteroatoms. The van der Waals surface area contributed by atoms with Gasteiger partial charge in [-0.25, -0.2) is 0 Å². The van der Waals surface area contributed by atoms with E-state index >= 15 is 0 Å². The van der Waals surface area contributed by atoms with Gasteiger partial charge in [0.2, 0.25) is 0 Å². The van der Waals surface area contributed by atoms with E-state index in [0.29, 0.717) is 12.6 Å². The summed E-state index contributed by atoms with van der Waals surface area (Å²) in [5, 5.41) is 13.3. The molecule has 0 aromatic heterocycles. The molecule has 0 saturated heterocycles. The zero-order valence-electron chi connectivity index (χ0n) is 11.5. The van der Waals surface area contributed by atoms with Crippen molar-refractivity contribution < 1.29 is 5.11 Å². The van der Waals surface area contributed by atoms with Crippen molar-refractivity contribution in [3.63, 3.8) is 0 Å². The number of rotatable bonds is 6. The van der Waals surface area contributed by atoms with Crippen LogP contribution in [0.1, 0.15) is 31.2 Å². The lowest BCUT2D eigenvalue weighted by atomic mass is 10.1. The van der Waals surface area contributed by atoms with Gasteiger partial charge in [0.05, 0.1) is 6.61 Å². The van der Waals surface area contributed by atoms with Gasteiger partial charge in [-0.1, -0.05) is 30.5 Å². The molecule has 1 saturated carbocycles. The standard InChI is InChI=1S/C15H23ClN2O/c1-17-11-13-14(16)7-4-8-15(13)18(9-10-19)12-5-2-3-6-12/h4,7-8,12,17,19H,2-3,5-6,9-11H2,1H3. The molecule has 1 aromatic carbocycles. The van der Waals surface area contributed by atoms with Gasteiger partial charge >= 0.3 is 0 Å². The van der Waals surface area contributed by atoms with E-state index in [1.807, 2.05) is 19.2 Å². The Morgan fingerprint density at radius 1 is 1.37 bits per heavy atom. The summed E-state index contributed by atoms with van der Waals surface area (Å²) in [6.07, 6.45) is 5.00. The molecule has 2 N–H and O–H groups in total. The number of nitrogens with zero attached hydrogens (tertiary/aromatic N) is 1. The van der Waals surface area contributed by atoms with E-state index in [-0.39, 0.29) is 6.61 Å². The number of nitrogens with one attached hydrogen (secondary N) is 1. The number of aliphatic hydroxyl groups is 1. The van der Waals surface area contributed by atoms with Gasteiger partial charge in [-0.15, -0.1) is 0 Å². The van der Waals surface area contributed by atoms with Crippen molar-refractivity contribution in [2.75, 3.05) is 25.1 Å². The van der Waals surface area contributed by atoms with Crippen molar-refractivity contribution in [3.05, 3.63) is 28.8 Å². The smallest absolute Gasteiger partial charge is 0.0606 e. The first-order valence-electron chi connectivity index (χ1n) is 7.07. The monoisotopic (exact) mass is 282 g/mol. The summed E-state index contributed by atoms with van der Waals surface area (Å²) in [4.78, 5) is 2.34. The maximum atomic E-state index is 9.36. The molecule has 1 aromatic rings. The topological polar surface area (TPSA) is 35.5 Å². The first-order valence-corrected chi connectivity index (χ1v) is 7.45. The molecule has 1 fully saturated rings. The maximum absolute atomic E-state index is 9.36. The number of aliphatic hydroxyl groups excluding tert-OH is 1. The van der Waals surface area contributed by atoms with Crippen LogP contribution in [-0.2, 0) is 6.54 Å². The summed E-state index contributed by atoms with van der Waals surface area (Å²) < 4.78 is 0. The fourth-order valence-electron chi connectivity index (χ4n) is 2.99. The second kappa shape index (κ2) is 7.13. The molecule has 0 bridgehead atoms. The largest absolute Gasteiger partial charge is 0.395 e. The highest BCUT2D eigenvalue weighted by Gasteiger charge is 2.24. The van der Waals surface area contributed by atoms with Crippen LogP contribution in [0.5, 0.6) is 0 Å². The quantitative estimate of drug-likeness (QED) is 0.842.